The van der Waals surface area contributed by atoms with Crippen LogP contribution >= 0.6 is 0 Å². The smallest absolute Gasteiger partial charge is 0.345 e. The second-order valence-corrected chi connectivity index (χ2v) is 3.39. The lowest BCUT2D eigenvalue weighted by molar-refractivity contribution is 0.0602. The summed E-state index contributed by atoms with van der Waals surface area (Å²) < 4.78 is 35.7. The van der Waals surface area contributed by atoms with Gasteiger partial charge in [0.25, 0.3) is 0 Å². The van der Waals surface area contributed by atoms with E-state index in [0.29, 0.717) is 0 Å². The third-order valence-corrected chi connectivity index (χ3v) is 2.29. The molecule has 0 unspecified atom stereocenters. The Bertz CT molecular complexity index is 610. The molecule has 0 radical (unpaired) electrons. The Balaban J connectivity index is 2.64. The fourth-order valence-electron chi connectivity index (χ4n) is 1.46. The lowest BCUT2D eigenvalue weighted by Gasteiger charge is -2.02. The van der Waals surface area contributed by atoms with Gasteiger partial charge in [0.15, 0.2) is 5.56 Å². The monoisotopic (exact) mass is 254 g/mol. The largest absolute Gasteiger partial charge is 0.465 e. The average Bonchev–Trinajstić information content (AvgIpc) is 2.73. The van der Waals surface area contributed by atoms with Gasteiger partial charge in [-0.25, -0.2) is 13.6 Å². The van der Waals surface area contributed by atoms with E-state index in [1.165, 1.54) is 0 Å². The molecule has 1 aromatic heterocycles. The number of nitrogens with zero attached hydrogens (tertiary/aromatic N) is 1. The first-order valence-corrected chi connectivity index (χ1v) is 4.83. The number of methoxy groups -OCH3 is 1. The molecule has 18 heavy (non-hydrogen) atoms. The van der Waals surface area contributed by atoms with Crippen LogP contribution in [-0.2, 0) is 4.74 Å². The molecular formula is C11H8F2N2O3. The van der Waals surface area contributed by atoms with Gasteiger partial charge in [0.1, 0.15) is 17.3 Å². The van der Waals surface area contributed by atoms with Crippen molar-refractivity contribution < 1.29 is 22.8 Å². The predicted octanol–water partition coefficient (Wildman–Crippen LogP) is 1.99. The van der Waals surface area contributed by atoms with Crippen LogP contribution in [0.4, 0.5) is 14.7 Å². The number of ether oxygens (including phenoxy) is 1. The maximum absolute atomic E-state index is 13.6. The lowest BCUT2D eigenvalue weighted by Crippen LogP contribution is -2.05. The number of benzene rings is 1. The number of nitrogens with two attached hydrogens (primary N) is 1. The Hall–Kier alpha value is -2.44. The number of esters is 1. The number of carbonyl (C=O) groups is 1. The number of rotatable bonds is 2. The summed E-state index contributed by atoms with van der Waals surface area (Å²) in [5.74, 6) is -2.59. The van der Waals surface area contributed by atoms with Gasteiger partial charge in [-0.3, -0.25) is 0 Å². The molecule has 5 nitrogen and oxygen atoms in total. The molecule has 2 aromatic rings. The van der Waals surface area contributed by atoms with Gasteiger partial charge in [-0.05, 0) is 18.2 Å². The zero-order chi connectivity index (χ0) is 13.3. The zero-order valence-corrected chi connectivity index (χ0v) is 9.24. The van der Waals surface area contributed by atoms with Crippen molar-refractivity contribution in [3.8, 4) is 11.3 Å². The standard InChI is InChI=1S/C11H8F2N2O3/c1-17-11(16)8-9(15-18-10(8)14)6-4-5(12)2-3-7(6)13/h2-4H,14H2,1H3. The summed E-state index contributed by atoms with van der Waals surface area (Å²) in [6.07, 6.45) is 0. The highest BCUT2D eigenvalue weighted by Gasteiger charge is 2.25. The molecule has 0 atom stereocenters. The first-order chi connectivity index (χ1) is 8.54. The average molecular weight is 254 g/mol. The predicted molar refractivity (Wildman–Crippen MR) is 57.6 cm³/mol. The molecule has 2 N–H and O–H groups in total. The molecule has 0 spiro atoms. The van der Waals surface area contributed by atoms with Gasteiger partial charge in [0.05, 0.1) is 7.11 Å². The van der Waals surface area contributed by atoms with Crippen molar-refractivity contribution in [2.75, 3.05) is 12.8 Å². The summed E-state index contributed by atoms with van der Waals surface area (Å²) in [4.78, 5) is 11.5. The second kappa shape index (κ2) is 4.44. The molecule has 0 fully saturated rings. The van der Waals surface area contributed by atoms with Gasteiger partial charge in [0, 0.05) is 5.56 Å². The van der Waals surface area contributed by atoms with E-state index < -0.39 is 17.6 Å². The molecule has 0 bridgehead atoms. The molecule has 7 heteroatoms. The quantitative estimate of drug-likeness (QED) is 0.829. The molecule has 0 aliphatic carbocycles. The van der Waals surface area contributed by atoms with Crippen molar-refractivity contribution in [3.63, 3.8) is 0 Å². The summed E-state index contributed by atoms with van der Waals surface area (Å²) in [7, 11) is 1.13. The van der Waals surface area contributed by atoms with Crippen molar-refractivity contribution in [1.82, 2.24) is 5.16 Å². The van der Waals surface area contributed by atoms with E-state index in [0.717, 1.165) is 25.3 Å². The molecule has 1 aromatic carbocycles. The minimum Gasteiger partial charge on any atom is -0.465 e. The molecular weight excluding hydrogens is 246 g/mol. The number of halogens is 2. The number of carbonyl (C=O) groups excluding carboxylic acids is 1. The van der Waals surface area contributed by atoms with E-state index in [9.17, 15) is 13.6 Å². The van der Waals surface area contributed by atoms with Gasteiger partial charge in [-0.1, -0.05) is 5.16 Å². The summed E-state index contributed by atoms with van der Waals surface area (Å²) in [5.41, 5.74) is 4.74. The summed E-state index contributed by atoms with van der Waals surface area (Å²) >= 11 is 0. The van der Waals surface area contributed by atoms with E-state index in [1.807, 2.05) is 0 Å². The topological polar surface area (TPSA) is 78.3 Å². The van der Waals surface area contributed by atoms with Crippen molar-refractivity contribution in [2.24, 2.45) is 0 Å². The number of anilines is 1. The molecule has 0 amide bonds. The first kappa shape index (κ1) is 12.0. The Labute approximate surface area is 100 Å². The third kappa shape index (κ3) is 1.90. The van der Waals surface area contributed by atoms with Gasteiger partial charge >= 0.3 is 5.97 Å². The van der Waals surface area contributed by atoms with E-state index in [1.54, 1.807) is 0 Å². The van der Waals surface area contributed by atoms with Crippen LogP contribution in [0.3, 0.4) is 0 Å². The molecule has 1 heterocycles. The molecule has 0 aliphatic heterocycles. The summed E-state index contributed by atoms with van der Waals surface area (Å²) in [5, 5.41) is 3.45. The minimum atomic E-state index is -0.840. The maximum Gasteiger partial charge on any atom is 0.345 e. The van der Waals surface area contributed by atoms with E-state index in [2.05, 4.69) is 14.4 Å². The van der Waals surface area contributed by atoms with Crippen molar-refractivity contribution in [3.05, 3.63) is 35.4 Å². The highest BCUT2D eigenvalue weighted by molar-refractivity contribution is 6.00. The van der Waals surface area contributed by atoms with E-state index in [-0.39, 0.29) is 22.7 Å². The Morgan fingerprint density at radius 1 is 1.44 bits per heavy atom. The van der Waals surface area contributed by atoms with E-state index in [4.69, 9.17) is 5.73 Å². The molecule has 0 saturated heterocycles. The highest BCUT2D eigenvalue weighted by Crippen LogP contribution is 2.30. The van der Waals surface area contributed by atoms with E-state index >= 15 is 0 Å². The lowest BCUT2D eigenvalue weighted by atomic mass is 10.1. The van der Waals surface area contributed by atoms with Crippen molar-refractivity contribution >= 4 is 11.9 Å². The molecule has 94 valence electrons. The fraction of sp³-hybridized carbons (Fsp3) is 0.0909. The van der Waals surface area contributed by atoms with Crippen LogP contribution in [0, 0.1) is 11.6 Å². The normalized spacial score (nSPS) is 10.4. The van der Waals surface area contributed by atoms with Crippen molar-refractivity contribution in [2.45, 2.75) is 0 Å². The minimum absolute atomic E-state index is 0.198. The second-order valence-electron chi connectivity index (χ2n) is 3.39. The molecule has 0 aliphatic rings. The molecule has 0 saturated carbocycles. The van der Waals surface area contributed by atoms with Crippen LogP contribution < -0.4 is 5.73 Å². The zero-order valence-electron chi connectivity index (χ0n) is 9.24. The SMILES string of the molecule is COC(=O)c1c(-c2cc(F)ccc2F)noc1N. The fourth-order valence-corrected chi connectivity index (χ4v) is 1.46. The van der Waals surface area contributed by atoms with Crippen molar-refractivity contribution in [1.29, 1.82) is 0 Å². The van der Waals surface area contributed by atoms with Gasteiger partial charge < -0.3 is 15.0 Å². The van der Waals surface area contributed by atoms with Crippen LogP contribution in [0.2, 0.25) is 0 Å². The molecule has 2 rings (SSSR count). The van der Waals surface area contributed by atoms with Crippen LogP contribution in [0.5, 0.6) is 0 Å². The number of hydrogen-bond donors (Lipinski definition) is 1. The maximum atomic E-state index is 13.6. The summed E-state index contributed by atoms with van der Waals surface area (Å²) in [6, 6.07) is 2.75. The Kier molecular flexibility index (Phi) is 2.97. The highest BCUT2D eigenvalue weighted by atomic mass is 19.1. The van der Waals surface area contributed by atoms with Crippen LogP contribution in [-0.4, -0.2) is 18.2 Å². The Morgan fingerprint density at radius 3 is 2.83 bits per heavy atom. The number of nitrogen functional groups attached to an aromatic ring is 1. The Morgan fingerprint density at radius 2 is 2.17 bits per heavy atom. The number of aromatic nitrogens is 1. The van der Waals surface area contributed by atoms with Gasteiger partial charge in [-0.15, -0.1) is 0 Å². The van der Waals surface area contributed by atoms with Crippen LogP contribution in [0.25, 0.3) is 11.3 Å². The third-order valence-electron chi connectivity index (χ3n) is 2.29. The van der Waals surface area contributed by atoms with Crippen LogP contribution in [0.15, 0.2) is 22.7 Å². The number of hydrogen-bond acceptors (Lipinski definition) is 5. The van der Waals surface area contributed by atoms with Crippen LogP contribution in [0.1, 0.15) is 10.4 Å². The van der Waals surface area contributed by atoms with Gasteiger partial charge in [-0.2, -0.15) is 0 Å². The van der Waals surface area contributed by atoms with Gasteiger partial charge in [0.2, 0.25) is 5.88 Å². The first-order valence-electron chi connectivity index (χ1n) is 4.83. The summed E-state index contributed by atoms with van der Waals surface area (Å²) in [6.45, 7) is 0.